The topological polar surface area (TPSA) is 64.6 Å². The van der Waals surface area contributed by atoms with Gasteiger partial charge in [0, 0.05) is 10.0 Å². The second-order valence-electron chi connectivity index (χ2n) is 5.23. The molecule has 7 heteroatoms. The van der Waals surface area contributed by atoms with E-state index in [9.17, 15) is 14.0 Å². The van der Waals surface area contributed by atoms with Crippen molar-refractivity contribution >= 4 is 27.8 Å². The molecule has 1 N–H and O–H groups in total. The summed E-state index contributed by atoms with van der Waals surface area (Å²) < 4.78 is 24.3. The van der Waals surface area contributed by atoms with Crippen molar-refractivity contribution in [1.29, 1.82) is 0 Å². The van der Waals surface area contributed by atoms with Gasteiger partial charge in [0.1, 0.15) is 11.6 Å². The lowest BCUT2D eigenvalue weighted by atomic mass is 10.1. The molecule has 0 aromatic heterocycles. The second-order valence-corrected chi connectivity index (χ2v) is 6.15. The Morgan fingerprint density at radius 2 is 1.96 bits per heavy atom. The number of esters is 1. The summed E-state index contributed by atoms with van der Waals surface area (Å²) in [6, 6.07) is 10.9. The van der Waals surface area contributed by atoms with Crippen molar-refractivity contribution in [3.63, 3.8) is 0 Å². The Hall–Kier alpha value is -2.41. The Morgan fingerprint density at radius 1 is 1.24 bits per heavy atom. The number of carbonyl (C=O) groups excluding carboxylic acids is 2. The number of carbonyl (C=O) groups is 2. The van der Waals surface area contributed by atoms with Crippen LogP contribution >= 0.6 is 15.9 Å². The lowest BCUT2D eigenvalue weighted by molar-refractivity contribution is -0.124. The molecule has 0 saturated carbocycles. The van der Waals surface area contributed by atoms with E-state index in [1.54, 1.807) is 20.1 Å². The van der Waals surface area contributed by atoms with Crippen LogP contribution in [0.3, 0.4) is 0 Å². The summed E-state index contributed by atoms with van der Waals surface area (Å²) in [5.74, 6) is -1.47. The van der Waals surface area contributed by atoms with Crippen LogP contribution in [0.15, 0.2) is 46.9 Å². The summed E-state index contributed by atoms with van der Waals surface area (Å²) in [5.41, 5.74) is 0.567. The molecule has 0 fully saturated rings. The average Bonchev–Trinajstić information content (AvgIpc) is 2.59. The minimum absolute atomic E-state index is 0.228. The van der Waals surface area contributed by atoms with E-state index in [-0.39, 0.29) is 11.6 Å². The number of para-hydroxylation sites is 1. The lowest BCUT2D eigenvalue weighted by Gasteiger charge is -2.17. The van der Waals surface area contributed by atoms with E-state index in [2.05, 4.69) is 21.2 Å². The van der Waals surface area contributed by atoms with Crippen molar-refractivity contribution in [2.75, 3.05) is 13.7 Å². The molecule has 2 rings (SSSR count). The molecule has 1 amide bonds. The van der Waals surface area contributed by atoms with E-state index >= 15 is 0 Å². The van der Waals surface area contributed by atoms with Crippen LogP contribution < -0.4 is 10.1 Å². The van der Waals surface area contributed by atoms with Crippen LogP contribution in [0, 0.1) is 5.82 Å². The summed E-state index contributed by atoms with van der Waals surface area (Å²) in [6.45, 7) is 1.28. The van der Waals surface area contributed by atoms with Crippen molar-refractivity contribution in [1.82, 2.24) is 5.32 Å². The molecule has 2 aromatic rings. The van der Waals surface area contributed by atoms with E-state index in [0.29, 0.717) is 10.2 Å². The third kappa shape index (κ3) is 5.03. The van der Waals surface area contributed by atoms with Gasteiger partial charge in [-0.1, -0.05) is 34.1 Å². The van der Waals surface area contributed by atoms with Gasteiger partial charge in [-0.3, -0.25) is 4.79 Å². The van der Waals surface area contributed by atoms with Gasteiger partial charge in [-0.2, -0.15) is 0 Å². The standard InChI is InChI=1S/C18H17BrFNO4/c1-11(13-5-3-4-6-16(13)24-2)21-17(22)10-25-18(23)14-8-7-12(19)9-15(14)20/h3-9,11H,10H2,1-2H3,(H,21,22). The molecule has 0 spiro atoms. The van der Waals surface area contributed by atoms with Crippen LogP contribution in [0.25, 0.3) is 0 Å². The highest BCUT2D eigenvalue weighted by Gasteiger charge is 2.17. The van der Waals surface area contributed by atoms with E-state index in [4.69, 9.17) is 9.47 Å². The van der Waals surface area contributed by atoms with Gasteiger partial charge in [-0.05, 0) is 31.2 Å². The number of hydrogen-bond acceptors (Lipinski definition) is 4. The Morgan fingerprint density at radius 3 is 2.64 bits per heavy atom. The smallest absolute Gasteiger partial charge is 0.341 e. The van der Waals surface area contributed by atoms with Gasteiger partial charge < -0.3 is 14.8 Å². The first-order valence-electron chi connectivity index (χ1n) is 7.47. The van der Waals surface area contributed by atoms with Gasteiger partial charge in [0.05, 0.1) is 18.7 Å². The van der Waals surface area contributed by atoms with Gasteiger partial charge in [0.15, 0.2) is 6.61 Å². The number of nitrogens with one attached hydrogen (secondary N) is 1. The Bertz CT molecular complexity index is 781. The fraction of sp³-hybridized carbons (Fsp3) is 0.222. The molecule has 0 heterocycles. The maximum Gasteiger partial charge on any atom is 0.341 e. The van der Waals surface area contributed by atoms with Gasteiger partial charge in [-0.15, -0.1) is 0 Å². The molecular formula is C18H17BrFNO4. The highest BCUT2D eigenvalue weighted by Crippen LogP contribution is 2.24. The molecular weight excluding hydrogens is 393 g/mol. The SMILES string of the molecule is COc1ccccc1C(C)NC(=O)COC(=O)c1ccc(Br)cc1F. The molecule has 0 aliphatic carbocycles. The molecule has 5 nitrogen and oxygen atoms in total. The molecule has 132 valence electrons. The zero-order valence-corrected chi connectivity index (χ0v) is 15.3. The molecule has 0 bridgehead atoms. The van der Waals surface area contributed by atoms with Gasteiger partial charge in [-0.25, -0.2) is 9.18 Å². The van der Waals surface area contributed by atoms with Crippen molar-refractivity contribution < 1.29 is 23.5 Å². The first kappa shape index (κ1) is 18.9. The van der Waals surface area contributed by atoms with Crippen LogP contribution in [0.4, 0.5) is 4.39 Å². The quantitative estimate of drug-likeness (QED) is 0.739. The molecule has 0 aliphatic heterocycles. The summed E-state index contributed by atoms with van der Waals surface area (Å²) in [5, 5.41) is 2.70. The zero-order chi connectivity index (χ0) is 18.4. The van der Waals surface area contributed by atoms with Crippen LogP contribution in [-0.4, -0.2) is 25.6 Å². The lowest BCUT2D eigenvalue weighted by Crippen LogP contribution is -2.31. The highest BCUT2D eigenvalue weighted by molar-refractivity contribution is 9.10. The summed E-state index contributed by atoms with van der Waals surface area (Å²) in [6.07, 6.45) is 0. The average molecular weight is 410 g/mol. The number of methoxy groups -OCH3 is 1. The molecule has 0 radical (unpaired) electrons. The maximum absolute atomic E-state index is 13.7. The summed E-state index contributed by atoms with van der Waals surface area (Å²) in [7, 11) is 1.54. The number of rotatable bonds is 6. The summed E-state index contributed by atoms with van der Waals surface area (Å²) in [4.78, 5) is 23.8. The maximum atomic E-state index is 13.7. The second kappa shape index (κ2) is 8.62. The molecule has 25 heavy (non-hydrogen) atoms. The third-order valence-corrected chi connectivity index (χ3v) is 3.96. The zero-order valence-electron chi connectivity index (χ0n) is 13.7. The van der Waals surface area contributed by atoms with E-state index < -0.39 is 24.3 Å². The van der Waals surface area contributed by atoms with Crippen molar-refractivity contribution in [3.8, 4) is 5.75 Å². The predicted molar refractivity (Wildman–Crippen MR) is 93.9 cm³/mol. The number of amides is 1. The Labute approximate surface area is 153 Å². The fourth-order valence-corrected chi connectivity index (χ4v) is 2.58. The monoisotopic (exact) mass is 409 g/mol. The number of ether oxygens (including phenoxy) is 2. The van der Waals surface area contributed by atoms with E-state index in [0.717, 1.165) is 11.6 Å². The van der Waals surface area contributed by atoms with Crippen molar-refractivity contribution in [2.45, 2.75) is 13.0 Å². The third-order valence-electron chi connectivity index (χ3n) is 3.47. The van der Waals surface area contributed by atoms with Gasteiger partial charge in [0.2, 0.25) is 0 Å². The Balaban J connectivity index is 1.93. The van der Waals surface area contributed by atoms with Crippen molar-refractivity contribution in [3.05, 3.63) is 63.9 Å². The van der Waals surface area contributed by atoms with Crippen LogP contribution in [0.2, 0.25) is 0 Å². The normalized spacial score (nSPS) is 11.5. The minimum atomic E-state index is -0.898. The summed E-state index contributed by atoms with van der Waals surface area (Å²) >= 11 is 3.10. The Kier molecular flexibility index (Phi) is 6.52. The van der Waals surface area contributed by atoms with Crippen LogP contribution in [0.5, 0.6) is 5.75 Å². The van der Waals surface area contributed by atoms with Gasteiger partial charge >= 0.3 is 5.97 Å². The van der Waals surface area contributed by atoms with E-state index in [1.807, 2.05) is 18.2 Å². The molecule has 1 unspecified atom stereocenters. The molecule has 0 aliphatic rings. The molecule has 1 atom stereocenters. The minimum Gasteiger partial charge on any atom is -0.496 e. The first-order valence-corrected chi connectivity index (χ1v) is 8.26. The highest BCUT2D eigenvalue weighted by atomic mass is 79.9. The largest absolute Gasteiger partial charge is 0.496 e. The molecule has 0 saturated heterocycles. The van der Waals surface area contributed by atoms with Crippen LogP contribution in [0.1, 0.15) is 28.9 Å². The first-order chi connectivity index (χ1) is 11.9. The number of halogens is 2. The predicted octanol–water partition coefficient (Wildman–Crippen LogP) is 3.63. The van der Waals surface area contributed by atoms with E-state index in [1.165, 1.54) is 12.1 Å². The molecule has 2 aromatic carbocycles. The van der Waals surface area contributed by atoms with Crippen LogP contribution in [-0.2, 0) is 9.53 Å². The van der Waals surface area contributed by atoms with Crippen molar-refractivity contribution in [2.24, 2.45) is 0 Å². The number of benzene rings is 2. The fourth-order valence-electron chi connectivity index (χ4n) is 2.25. The van der Waals surface area contributed by atoms with Gasteiger partial charge in [0.25, 0.3) is 5.91 Å². The number of hydrogen-bond donors (Lipinski definition) is 1.